The zero-order valence-corrected chi connectivity index (χ0v) is 34.1. The topological polar surface area (TPSA) is 207 Å². The number of methoxy groups -OCH3 is 1. The van der Waals surface area contributed by atoms with E-state index in [0.29, 0.717) is 29.8 Å². The zero-order valence-electron chi connectivity index (χ0n) is 34.1. The summed E-state index contributed by atoms with van der Waals surface area (Å²) in [7, 11) is 4.18. The van der Waals surface area contributed by atoms with Crippen LogP contribution in [-0.2, 0) is 44.7 Å². The number of hydroxylamine groups is 1. The fourth-order valence-corrected chi connectivity index (χ4v) is 5.83. The Morgan fingerprint density at radius 1 is 0.930 bits per heavy atom. The van der Waals surface area contributed by atoms with Crippen molar-refractivity contribution < 1.29 is 52.7 Å². The highest BCUT2D eigenvalue weighted by Gasteiger charge is 2.41. The van der Waals surface area contributed by atoms with Crippen LogP contribution in [0.2, 0.25) is 0 Å². The van der Waals surface area contributed by atoms with Gasteiger partial charge in [-0.15, -0.1) is 0 Å². The molecular formula is C39H55N7O11. The van der Waals surface area contributed by atoms with Crippen LogP contribution in [0.15, 0.2) is 53.7 Å². The predicted molar refractivity (Wildman–Crippen MR) is 209 cm³/mol. The molecule has 0 bridgehead atoms. The van der Waals surface area contributed by atoms with Crippen molar-refractivity contribution in [3.63, 3.8) is 0 Å². The van der Waals surface area contributed by atoms with E-state index in [1.165, 1.54) is 43.3 Å². The number of nitrogens with one attached hydrogen (secondary N) is 3. The first-order valence-corrected chi connectivity index (χ1v) is 18.4. The van der Waals surface area contributed by atoms with Crippen molar-refractivity contribution >= 4 is 47.8 Å². The normalized spacial score (nSPS) is 15.2. The van der Waals surface area contributed by atoms with E-state index in [0.717, 1.165) is 5.06 Å². The third-order valence-corrected chi connectivity index (χ3v) is 8.24. The Morgan fingerprint density at radius 2 is 1.58 bits per heavy atom. The molecule has 3 N–H and O–H groups in total. The number of rotatable bonds is 16. The van der Waals surface area contributed by atoms with E-state index >= 15 is 0 Å². The molecule has 2 aromatic rings. The van der Waals surface area contributed by atoms with E-state index < -0.39 is 53.1 Å². The minimum absolute atomic E-state index is 0.0461. The monoisotopic (exact) mass is 797 g/mol. The van der Waals surface area contributed by atoms with Crippen LogP contribution in [0.3, 0.4) is 0 Å². The average molecular weight is 798 g/mol. The summed E-state index contributed by atoms with van der Waals surface area (Å²) >= 11 is 0. The first-order chi connectivity index (χ1) is 26.9. The van der Waals surface area contributed by atoms with Crippen molar-refractivity contribution in [2.24, 2.45) is 5.16 Å². The number of nitrogens with zero attached hydrogens (tertiary/aromatic N) is 4. The van der Waals surface area contributed by atoms with Gasteiger partial charge in [-0.25, -0.2) is 4.79 Å². The number of piperazine rings is 1. The Balaban J connectivity index is 1.92. The van der Waals surface area contributed by atoms with Gasteiger partial charge in [0.25, 0.3) is 11.9 Å². The summed E-state index contributed by atoms with van der Waals surface area (Å²) in [5.74, 6) is -1.63. The molecule has 1 heterocycles. The first-order valence-electron chi connectivity index (χ1n) is 18.4. The Morgan fingerprint density at radius 3 is 2.14 bits per heavy atom. The van der Waals surface area contributed by atoms with Gasteiger partial charge in [-0.05, 0) is 102 Å². The van der Waals surface area contributed by atoms with Crippen LogP contribution < -0.4 is 25.8 Å². The highest BCUT2D eigenvalue weighted by atomic mass is 16.7. The number of anilines is 1. The molecular weight excluding hydrogens is 742 g/mol. The van der Waals surface area contributed by atoms with Gasteiger partial charge in [0, 0.05) is 31.6 Å². The van der Waals surface area contributed by atoms with Crippen LogP contribution in [0.25, 0.3) is 0 Å². The molecule has 2 unspecified atom stereocenters. The standard InChI is InChI=1S/C39H55N7O11/c1-38(2,3)56-32(48)24-44-21-22-45(31(35(44)51)11-10-20-40-37(52)57-39(4,5)6)34(50)30(23-26-12-18-29(53-7)19-13-26)42-33(49)27-14-16-28(17-15-27)46(55-9)36(41-25-47)43-54-8/h12-19,25,30-31H,10-11,20-24H2,1-9H3,(H,40,52)(H,42,49)(H,41,43,47). The van der Waals surface area contributed by atoms with Gasteiger partial charge < -0.3 is 39.5 Å². The highest BCUT2D eigenvalue weighted by Crippen LogP contribution is 2.22. The number of amides is 5. The molecule has 18 heteroatoms. The molecule has 1 fully saturated rings. The van der Waals surface area contributed by atoms with Crippen LogP contribution >= 0.6 is 0 Å². The van der Waals surface area contributed by atoms with E-state index in [4.69, 9.17) is 23.9 Å². The van der Waals surface area contributed by atoms with Gasteiger partial charge in [0.15, 0.2) is 0 Å². The summed E-state index contributed by atoms with van der Waals surface area (Å²) in [4.78, 5) is 91.5. The molecule has 2 atom stereocenters. The number of guanidine groups is 1. The lowest BCUT2D eigenvalue weighted by Gasteiger charge is -2.42. The van der Waals surface area contributed by atoms with Gasteiger partial charge in [-0.2, -0.15) is 5.06 Å². The molecule has 0 radical (unpaired) electrons. The molecule has 2 aromatic carbocycles. The number of hydrogen-bond acceptors (Lipinski definition) is 12. The first kappa shape index (κ1) is 45.5. The minimum atomic E-state index is -1.13. The van der Waals surface area contributed by atoms with Gasteiger partial charge in [-0.1, -0.05) is 12.1 Å². The van der Waals surface area contributed by atoms with Gasteiger partial charge in [0.1, 0.15) is 42.7 Å². The lowest BCUT2D eigenvalue weighted by molar-refractivity contribution is -0.163. The molecule has 1 saturated heterocycles. The van der Waals surface area contributed by atoms with Crippen molar-refractivity contribution in [3.8, 4) is 5.75 Å². The Hall–Kier alpha value is -5.91. The number of carbonyl (C=O) groups is 6. The second-order valence-electron chi connectivity index (χ2n) is 14.9. The van der Waals surface area contributed by atoms with E-state index in [2.05, 4.69) is 21.1 Å². The second kappa shape index (κ2) is 20.8. The lowest BCUT2D eigenvalue weighted by atomic mass is 9.99. The van der Waals surface area contributed by atoms with Gasteiger partial charge in [0.05, 0.1) is 19.9 Å². The van der Waals surface area contributed by atoms with Crippen molar-refractivity contribution in [2.75, 3.05) is 52.6 Å². The molecule has 1 aliphatic rings. The van der Waals surface area contributed by atoms with Gasteiger partial charge in [-0.3, -0.25) is 34.1 Å². The highest BCUT2D eigenvalue weighted by molar-refractivity contribution is 6.01. The summed E-state index contributed by atoms with van der Waals surface area (Å²) in [6, 6.07) is 10.9. The Labute approximate surface area is 333 Å². The summed E-state index contributed by atoms with van der Waals surface area (Å²) in [6.45, 7) is 10.4. The number of alkyl carbamates (subject to hydrolysis) is 1. The summed E-state index contributed by atoms with van der Waals surface area (Å²) in [5, 5.41) is 12.8. The molecule has 0 spiro atoms. The number of carbonyl (C=O) groups excluding carboxylic acids is 6. The number of benzene rings is 2. The van der Waals surface area contributed by atoms with Crippen molar-refractivity contribution in [1.82, 2.24) is 25.8 Å². The quantitative estimate of drug-likeness (QED) is 0.0560. The van der Waals surface area contributed by atoms with Crippen LogP contribution in [-0.4, -0.2) is 123 Å². The average Bonchev–Trinajstić information content (AvgIpc) is 3.13. The SMILES string of the molecule is CON=C(NC=O)N(OC)c1ccc(C(=O)NC(Cc2ccc(OC)cc2)C(=O)N2CCN(CC(=O)OC(C)(C)C)C(=O)C2CCCNC(=O)OC(C)(C)C)cc1. The lowest BCUT2D eigenvalue weighted by Crippen LogP contribution is -2.63. The second-order valence-corrected chi connectivity index (χ2v) is 14.9. The predicted octanol–water partition coefficient (Wildman–Crippen LogP) is 2.75. The molecule has 0 saturated carbocycles. The van der Waals surface area contributed by atoms with Crippen molar-refractivity contribution in [1.29, 1.82) is 0 Å². The van der Waals surface area contributed by atoms with Gasteiger partial charge >= 0.3 is 12.1 Å². The Kier molecular flexibility index (Phi) is 16.6. The van der Waals surface area contributed by atoms with Crippen LogP contribution in [0.5, 0.6) is 5.75 Å². The van der Waals surface area contributed by atoms with Crippen LogP contribution in [0, 0.1) is 0 Å². The number of hydrogen-bond donors (Lipinski definition) is 3. The van der Waals surface area contributed by atoms with Crippen LogP contribution in [0.1, 0.15) is 70.3 Å². The molecule has 0 aromatic heterocycles. The molecule has 0 aliphatic carbocycles. The largest absolute Gasteiger partial charge is 0.497 e. The molecule has 3 rings (SSSR count). The van der Waals surface area contributed by atoms with E-state index in [9.17, 15) is 28.8 Å². The smallest absolute Gasteiger partial charge is 0.407 e. The summed E-state index contributed by atoms with van der Waals surface area (Å²) in [6.07, 6.45) is 0.269. The number of esters is 1. The molecule has 5 amide bonds. The fraction of sp³-hybridized carbons (Fsp3) is 0.513. The van der Waals surface area contributed by atoms with Gasteiger partial charge in [0.2, 0.25) is 18.2 Å². The molecule has 1 aliphatic heterocycles. The molecule has 57 heavy (non-hydrogen) atoms. The maximum atomic E-state index is 14.6. The van der Waals surface area contributed by atoms with E-state index in [-0.39, 0.29) is 50.5 Å². The molecule has 18 nitrogen and oxygen atoms in total. The van der Waals surface area contributed by atoms with Crippen molar-refractivity contribution in [2.45, 2.75) is 84.1 Å². The zero-order chi connectivity index (χ0) is 42.3. The van der Waals surface area contributed by atoms with E-state index in [1.807, 2.05) is 0 Å². The summed E-state index contributed by atoms with van der Waals surface area (Å²) < 4.78 is 16.1. The summed E-state index contributed by atoms with van der Waals surface area (Å²) in [5.41, 5.74) is -0.186. The third-order valence-electron chi connectivity index (χ3n) is 8.24. The Bertz CT molecular complexity index is 1720. The maximum Gasteiger partial charge on any atom is 0.407 e. The van der Waals surface area contributed by atoms with Crippen molar-refractivity contribution in [3.05, 3.63) is 59.7 Å². The minimum Gasteiger partial charge on any atom is -0.497 e. The molecule has 312 valence electrons. The number of oxime groups is 1. The van der Waals surface area contributed by atoms with Crippen LogP contribution in [0.4, 0.5) is 10.5 Å². The fourth-order valence-electron chi connectivity index (χ4n) is 5.83. The van der Waals surface area contributed by atoms with E-state index in [1.54, 1.807) is 77.9 Å². The maximum absolute atomic E-state index is 14.6. The number of ether oxygens (including phenoxy) is 3. The third kappa shape index (κ3) is 14.3.